The first-order valence-electron chi connectivity index (χ1n) is 5.27. The van der Waals surface area contributed by atoms with Crippen LogP contribution < -0.4 is 5.32 Å². The fourth-order valence-electron chi connectivity index (χ4n) is 2.38. The van der Waals surface area contributed by atoms with Crippen LogP contribution in [0.4, 0.5) is 8.78 Å². The van der Waals surface area contributed by atoms with Crippen LogP contribution in [0, 0.1) is 25.5 Å². The summed E-state index contributed by atoms with van der Waals surface area (Å²) in [5, 5.41) is 3.22. The number of nitrogens with one attached hydrogen (secondary N) is 1. The molecular formula is C12H15F2N. The van der Waals surface area contributed by atoms with E-state index >= 15 is 0 Å². The molecule has 0 aliphatic carbocycles. The molecule has 1 saturated heterocycles. The minimum atomic E-state index is -0.431. The summed E-state index contributed by atoms with van der Waals surface area (Å²) < 4.78 is 26.8. The SMILES string of the molecule is Cc1c(F)cc(F)c(C)c1C1CCNC1. The first-order valence-corrected chi connectivity index (χ1v) is 5.27. The molecule has 0 bridgehead atoms. The first-order chi connectivity index (χ1) is 7.11. The maximum absolute atomic E-state index is 13.4. The molecule has 1 aromatic carbocycles. The third kappa shape index (κ3) is 1.76. The Bertz CT molecular complexity index is 355. The fourth-order valence-corrected chi connectivity index (χ4v) is 2.38. The van der Waals surface area contributed by atoms with Gasteiger partial charge in [-0.05, 0) is 49.4 Å². The molecular weight excluding hydrogens is 196 g/mol. The summed E-state index contributed by atoms with van der Waals surface area (Å²) in [6.07, 6.45) is 0.963. The first kappa shape index (κ1) is 10.6. The molecule has 1 aromatic rings. The van der Waals surface area contributed by atoms with Gasteiger partial charge in [-0.15, -0.1) is 0 Å². The van der Waals surface area contributed by atoms with Crippen molar-refractivity contribution in [1.29, 1.82) is 0 Å². The second-order valence-corrected chi connectivity index (χ2v) is 4.19. The molecule has 1 fully saturated rings. The smallest absolute Gasteiger partial charge is 0.129 e. The predicted octanol–water partition coefficient (Wildman–Crippen LogP) is 2.66. The zero-order valence-electron chi connectivity index (χ0n) is 9.03. The highest BCUT2D eigenvalue weighted by Crippen LogP contribution is 2.31. The second kappa shape index (κ2) is 3.89. The number of halogens is 2. The zero-order valence-corrected chi connectivity index (χ0v) is 9.03. The van der Waals surface area contributed by atoms with Gasteiger partial charge in [-0.3, -0.25) is 0 Å². The molecule has 2 rings (SSSR count). The quantitative estimate of drug-likeness (QED) is 0.753. The topological polar surface area (TPSA) is 12.0 Å². The minimum absolute atomic E-state index is 0.259. The zero-order chi connectivity index (χ0) is 11.0. The summed E-state index contributed by atoms with van der Waals surface area (Å²) in [5.41, 5.74) is 2.06. The Morgan fingerprint density at radius 1 is 1.20 bits per heavy atom. The molecule has 0 spiro atoms. The van der Waals surface area contributed by atoms with E-state index in [4.69, 9.17) is 0 Å². The Hall–Kier alpha value is -0.960. The molecule has 1 unspecified atom stereocenters. The van der Waals surface area contributed by atoms with E-state index < -0.39 is 11.6 Å². The van der Waals surface area contributed by atoms with Crippen LogP contribution in [-0.2, 0) is 0 Å². The van der Waals surface area contributed by atoms with Crippen LogP contribution in [0.5, 0.6) is 0 Å². The van der Waals surface area contributed by atoms with E-state index in [1.165, 1.54) is 0 Å². The van der Waals surface area contributed by atoms with Crippen molar-refractivity contribution in [3.05, 3.63) is 34.4 Å². The molecule has 1 N–H and O–H groups in total. The average molecular weight is 211 g/mol. The average Bonchev–Trinajstić information content (AvgIpc) is 2.69. The summed E-state index contributed by atoms with van der Waals surface area (Å²) >= 11 is 0. The lowest BCUT2D eigenvalue weighted by Gasteiger charge is -2.17. The van der Waals surface area contributed by atoms with Gasteiger partial charge in [-0.2, -0.15) is 0 Å². The van der Waals surface area contributed by atoms with Crippen LogP contribution >= 0.6 is 0 Å². The van der Waals surface area contributed by atoms with E-state index in [0.717, 1.165) is 31.1 Å². The molecule has 0 amide bonds. The van der Waals surface area contributed by atoms with E-state index in [2.05, 4.69) is 5.32 Å². The van der Waals surface area contributed by atoms with Gasteiger partial charge in [-0.25, -0.2) is 8.78 Å². The number of hydrogen-bond donors (Lipinski definition) is 1. The van der Waals surface area contributed by atoms with Crippen molar-refractivity contribution >= 4 is 0 Å². The van der Waals surface area contributed by atoms with Gasteiger partial charge in [0.15, 0.2) is 0 Å². The van der Waals surface area contributed by atoms with Crippen LogP contribution in [0.2, 0.25) is 0 Å². The molecule has 1 nitrogen and oxygen atoms in total. The Morgan fingerprint density at radius 3 is 2.27 bits per heavy atom. The molecule has 3 heteroatoms. The molecule has 82 valence electrons. The van der Waals surface area contributed by atoms with E-state index in [1.807, 2.05) is 0 Å². The van der Waals surface area contributed by atoms with Crippen molar-refractivity contribution in [2.24, 2.45) is 0 Å². The lowest BCUT2D eigenvalue weighted by molar-refractivity contribution is 0.560. The molecule has 1 aliphatic rings. The van der Waals surface area contributed by atoms with Gasteiger partial charge in [0.1, 0.15) is 11.6 Å². The van der Waals surface area contributed by atoms with Crippen LogP contribution in [0.3, 0.4) is 0 Å². The Morgan fingerprint density at radius 2 is 1.80 bits per heavy atom. The summed E-state index contributed by atoms with van der Waals surface area (Å²) in [4.78, 5) is 0. The fraction of sp³-hybridized carbons (Fsp3) is 0.500. The van der Waals surface area contributed by atoms with Crippen molar-refractivity contribution in [2.45, 2.75) is 26.2 Å². The van der Waals surface area contributed by atoms with Gasteiger partial charge >= 0.3 is 0 Å². The number of hydrogen-bond acceptors (Lipinski definition) is 1. The molecule has 0 aromatic heterocycles. The highest BCUT2D eigenvalue weighted by atomic mass is 19.1. The van der Waals surface area contributed by atoms with Gasteiger partial charge in [0.2, 0.25) is 0 Å². The van der Waals surface area contributed by atoms with Gasteiger partial charge in [0.05, 0.1) is 0 Å². The summed E-state index contributed by atoms with van der Waals surface area (Å²) in [7, 11) is 0. The normalized spacial score (nSPS) is 20.9. The number of benzene rings is 1. The van der Waals surface area contributed by atoms with Crippen LogP contribution in [-0.4, -0.2) is 13.1 Å². The van der Waals surface area contributed by atoms with E-state index in [1.54, 1.807) is 13.8 Å². The highest BCUT2D eigenvalue weighted by molar-refractivity contribution is 5.39. The largest absolute Gasteiger partial charge is 0.316 e. The summed E-state index contributed by atoms with van der Waals surface area (Å²) in [6, 6.07) is 0.983. The maximum atomic E-state index is 13.4. The van der Waals surface area contributed by atoms with Crippen LogP contribution in [0.25, 0.3) is 0 Å². The van der Waals surface area contributed by atoms with Crippen molar-refractivity contribution in [2.75, 3.05) is 13.1 Å². The Kier molecular flexibility index (Phi) is 2.74. The van der Waals surface area contributed by atoms with E-state index in [9.17, 15) is 8.78 Å². The molecule has 1 heterocycles. The second-order valence-electron chi connectivity index (χ2n) is 4.19. The summed E-state index contributed by atoms with van der Waals surface area (Å²) in [6.45, 7) is 5.22. The van der Waals surface area contributed by atoms with Crippen LogP contribution in [0.15, 0.2) is 6.07 Å². The van der Waals surface area contributed by atoms with Gasteiger partial charge < -0.3 is 5.32 Å². The van der Waals surface area contributed by atoms with Crippen molar-refractivity contribution in [3.63, 3.8) is 0 Å². The van der Waals surface area contributed by atoms with Crippen molar-refractivity contribution < 1.29 is 8.78 Å². The third-order valence-electron chi connectivity index (χ3n) is 3.25. The maximum Gasteiger partial charge on any atom is 0.129 e. The standard InChI is InChI=1S/C12H15F2N/c1-7-10(13)5-11(14)8(2)12(7)9-3-4-15-6-9/h5,9,15H,3-4,6H2,1-2H3. The van der Waals surface area contributed by atoms with Gasteiger partial charge in [0.25, 0.3) is 0 Å². The molecule has 1 aliphatic heterocycles. The van der Waals surface area contributed by atoms with Gasteiger partial charge in [-0.1, -0.05) is 0 Å². The van der Waals surface area contributed by atoms with Crippen molar-refractivity contribution in [3.8, 4) is 0 Å². The van der Waals surface area contributed by atoms with Crippen LogP contribution in [0.1, 0.15) is 29.0 Å². The third-order valence-corrected chi connectivity index (χ3v) is 3.25. The van der Waals surface area contributed by atoms with E-state index in [0.29, 0.717) is 11.1 Å². The lowest BCUT2D eigenvalue weighted by Crippen LogP contribution is -2.11. The molecule has 0 saturated carbocycles. The Labute approximate surface area is 88.5 Å². The molecule has 0 radical (unpaired) electrons. The number of rotatable bonds is 1. The van der Waals surface area contributed by atoms with E-state index in [-0.39, 0.29) is 5.92 Å². The summed E-state index contributed by atoms with van der Waals surface area (Å²) in [5.74, 6) is -0.602. The molecule has 1 atom stereocenters. The molecule has 15 heavy (non-hydrogen) atoms. The monoisotopic (exact) mass is 211 g/mol. The van der Waals surface area contributed by atoms with Gasteiger partial charge in [0, 0.05) is 12.6 Å². The lowest BCUT2D eigenvalue weighted by atomic mass is 9.89. The minimum Gasteiger partial charge on any atom is -0.316 e. The predicted molar refractivity (Wildman–Crippen MR) is 56.1 cm³/mol. The Balaban J connectivity index is 2.52. The van der Waals surface area contributed by atoms with Crippen molar-refractivity contribution in [1.82, 2.24) is 5.32 Å². The highest BCUT2D eigenvalue weighted by Gasteiger charge is 2.23.